The molecule has 344 valence electrons. The minimum atomic E-state index is -0.624. The maximum absolute atomic E-state index is 12.4. The van der Waals surface area contributed by atoms with E-state index in [1.54, 1.807) is 33.8 Å². The molecule has 4 heterocycles. The second kappa shape index (κ2) is 23.8. The van der Waals surface area contributed by atoms with Gasteiger partial charge in [0.2, 0.25) is 11.8 Å². The zero-order chi connectivity index (χ0) is 47.1. The van der Waals surface area contributed by atoms with E-state index < -0.39 is 11.7 Å². The number of nitrogens with one attached hydrogen (secondary N) is 1. The van der Waals surface area contributed by atoms with E-state index in [4.69, 9.17) is 9.84 Å². The number of carbonyl (C=O) groups excluding carboxylic acids is 4. The van der Waals surface area contributed by atoms with E-state index in [1.165, 1.54) is 35.0 Å². The molecule has 0 unspecified atom stereocenters. The molecule has 0 fully saturated rings. The molecule has 2 aliphatic heterocycles. The van der Waals surface area contributed by atoms with Crippen LogP contribution in [0.1, 0.15) is 115 Å². The minimum Gasteiger partial charge on any atom is -0.443 e. The first-order valence-corrected chi connectivity index (χ1v) is 24.6. The molecular weight excluding hydrogens is 865 g/mol. The van der Waals surface area contributed by atoms with Gasteiger partial charge >= 0.3 is 6.09 Å². The van der Waals surface area contributed by atoms with Crippen molar-refractivity contribution >= 4 is 53.8 Å². The summed E-state index contributed by atoms with van der Waals surface area (Å²) in [7, 11) is 0. The molecule has 4 aromatic carbocycles. The molecule has 2 atom stereocenters. The van der Waals surface area contributed by atoms with Crippen LogP contribution in [0.4, 0.5) is 4.79 Å². The highest BCUT2D eigenvalue weighted by Crippen LogP contribution is 2.30. The molecule has 66 heavy (non-hydrogen) atoms. The summed E-state index contributed by atoms with van der Waals surface area (Å²) in [5.74, 6) is 3.67. The van der Waals surface area contributed by atoms with Crippen LogP contribution in [-0.2, 0) is 51.8 Å². The summed E-state index contributed by atoms with van der Waals surface area (Å²) in [6.07, 6.45) is 5.76. The van der Waals surface area contributed by atoms with Crippen molar-refractivity contribution in [1.82, 2.24) is 29.8 Å². The summed E-state index contributed by atoms with van der Waals surface area (Å²) in [5.41, 5.74) is 10.3. The lowest BCUT2D eigenvalue weighted by Crippen LogP contribution is -2.41. The summed E-state index contributed by atoms with van der Waals surface area (Å²) in [4.78, 5) is 48.4. The molecule has 3 amide bonds. The number of rotatable bonds is 11. The third-order valence-corrected chi connectivity index (χ3v) is 12.9. The lowest BCUT2D eigenvalue weighted by Gasteiger charge is -2.29. The van der Waals surface area contributed by atoms with Crippen molar-refractivity contribution in [2.45, 2.75) is 96.7 Å². The lowest BCUT2D eigenvalue weighted by atomic mass is 10.1. The second-order valence-corrected chi connectivity index (χ2v) is 19.3. The Morgan fingerprint density at radius 3 is 1.64 bits per heavy atom. The molecule has 0 saturated carbocycles. The number of aromatic nitrogens is 4. The van der Waals surface area contributed by atoms with Crippen LogP contribution in [0.5, 0.6) is 0 Å². The maximum atomic E-state index is 12.4. The Bertz CT molecular complexity index is 2560. The number of carbonyl (C=O) groups is 4. The number of nitrogens with zero attached hydrogens (tertiary/aromatic N) is 5. The zero-order valence-electron chi connectivity index (χ0n) is 38.7. The van der Waals surface area contributed by atoms with Gasteiger partial charge in [0.05, 0.1) is 30.9 Å². The van der Waals surface area contributed by atoms with Gasteiger partial charge < -0.3 is 10.1 Å². The Labute approximate surface area is 397 Å². The Morgan fingerprint density at radius 2 is 1.17 bits per heavy atom. The molecule has 0 spiro atoms. The summed E-state index contributed by atoms with van der Waals surface area (Å²) < 4.78 is 9.37. The standard InChI is InChI=1S/C24H25N3OS.C15H21NO3.C14H14N2OS/c1-18(20-10-6-3-7-11-20)25-24(28)13-12-22-21-17-29-15-14-23(21)27(26-22)16-19-8-4-2-5-9-19;1-11(13-9-7-6-8-10-13)16(12(2)17)14(18)19-15(3,4)5;17-9-13-12-10-18-7-6-14(12)16(15-13)8-11-4-2-1-3-5-11/h2-13,18H,14-17H2,1H3,(H,25,28);6-11H,1-5H3;1-5,9H,6-8,10H2/b13-12+;;/t18-;11-;/m00./s1. The van der Waals surface area contributed by atoms with Gasteiger partial charge in [-0.15, -0.1) is 0 Å². The normalized spacial score (nSPS) is 13.9. The van der Waals surface area contributed by atoms with Crippen LogP contribution >= 0.6 is 23.5 Å². The van der Waals surface area contributed by atoms with E-state index in [2.05, 4.69) is 51.5 Å². The number of imide groups is 1. The third kappa shape index (κ3) is 13.9. The molecule has 0 radical (unpaired) electrons. The van der Waals surface area contributed by atoms with Crippen molar-refractivity contribution in [2.24, 2.45) is 0 Å². The first-order valence-electron chi connectivity index (χ1n) is 22.3. The molecule has 8 rings (SSSR count). The highest BCUT2D eigenvalue weighted by Gasteiger charge is 2.30. The highest BCUT2D eigenvalue weighted by atomic mass is 32.2. The number of benzene rings is 4. The second-order valence-electron chi connectivity index (χ2n) is 17.1. The molecule has 11 nitrogen and oxygen atoms in total. The summed E-state index contributed by atoms with van der Waals surface area (Å²) in [6.45, 7) is 12.0. The first kappa shape index (κ1) is 49.3. The molecule has 6 aromatic rings. The van der Waals surface area contributed by atoms with Gasteiger partial charge in [-0.2, -0.15) is 33.7 Å². The van der Waals surface area contributed by atoms with Crippen molar-refractivity contribution in [3.05, 3.63) is 184 Å². The molecular formula is C53H60N6O5S2. The lowest BCUT2D eigenvalue weighted by molar-refractivity contribution is -0.130. The van der Waals surface area contributed by atoms with Crippen LogP contribution in [0.2, 0.25) is 0 Å². The summed E-state index contributed by atoms with van der Waals surface area (Å²) >= 11 is 3.80. The fraction of sp³-hybridized carbons (Fsp3) is 0.321. The smallest absolute Gasteiger partial charge is 0.417 e. The Balaban J connectivity index is 0.000000171. The predicted octanol–water partition coefficient (Wildman–Crippen LogP) is 10.7. The largest absolute Gasteiger partial charge is 0.443 e. The van der Waals surface area contributed by atoms with E-state index in [0.717, 1.165) is 82.5 Å². The van der Waals surface area contributed by atoms with Crippen LogP contribution < -0.4 is 5.32 Å². The van der Waals surface area contributed by atoms with Gasteiger partial charge in [0.1, 0.15) is 11.3 Å². The van der Waals surface area contributed by atoms with Gasteiger partial charge in [-0.25, -0.2) is 9.69 Å². The van der Waals surface area contributed by atoms with E-state index in [9.17, 15) is 19.2 Å². The van der Waals surface area contributed by atoms with Crippen molar-refractivity contribution in [3.63, 3.8) is 0 Å². The van der Waals surface area contributed by atoms with Crippen LogP contribution in [0, 0.1) is 0 Å². The number of fused-ring (bicyclic) bond motifs is 2. The quantitative estimate of drug-likeness (QED) is 0.0997. The number of hydrogen-bond acceptors (Lipinski definition) is 9. The topological polar surface area (TPSA) is 128 Å². The average molecular weight is 925 g/mol. The third-order valence-electron chi connectivity index (χ3n) is 11.0. The van der Waals surface area contributed by atoms with E-state index in [1.807, 2.05) is 126 Å². The Morgan fingerprint density at radius 1 is 0.712 bits per heavy atom. The van der Waals surface area contributed by atoms with Crippen molar-refractivity contribution in [3.8, 4) is 0 Å². The number of aldehydes is 1. The van der Waals surface area contributed by atoms with Gasteiger partial charge in [-0.3, -0.25) is 23.7 Å². The van der Waals surface area contributed by atoms with Crippen molar-refractivity contribution < 1.29 is 23.9 Å². The molecule has 13 heteroatoms. The fourth-order valence-corrected chi connectivity index (χ4v) is 9.67. The van der Waals surface area contributed by atoms with E-state index in [-0.39, 0.29) is 23.9 Å². The molecule has 0 bridgehead atoms. The number of amides is 3. The van der Waals surface area contributed by atoms with Gasteiger partial charge in [0, 0.05) is 47.0 Å². The zero-order valence-corrected chi connectivity index (χ0v) is 40.3. The summed E-state index contributed by atoms with van der Waals surface area (Å²) in [5, 5.41) is 12.3. The molecule has 0 saturated heterocycles. The fourth-order valence-electron chi connectivity index (χ4n) is 7.66. The van der Waals surface area contributed by atoms with E-state index in [0.29, 0.717) is 5.69 Å². The van der Waals surface area contributed by atoms with Gasteiger partial charge in [0.15, 0.2) is 6.29 Å². The number of hydrogen-bond donors (Lipinski definition) is 1. The van der Waals surface area contributed by atoms with Gasteiger partial charge in [0.25, 0.3) is 0 Å². The van der Waals surface area contributed by atoms with Crippen LogP contribution in [0.25, 0.3) is 6.08 Å². The van der Waals surface area contributed by atoms with Crippen LogP contribution in [0.15, 0.2) is 127 Å². The van der Waals surface area contributed by atoms with Crippen molar-refractivity contribution in [1.29, 1.82) is 0 Å². The SMILES string of the molecule is CC(=O)N(C(=O)OC(C)(C)C)[C@@H](C)c1ccccc1.C[C@H](NC(=O)/C=C/c1nn(Cc2ccccc2)c2c1CSCC2)c1ccccc1.O=Cc1nn(Cc2ccccc2)c2c1CSCC2. The number of thioether (sulfide) groups is 2. The van der Waals surface area contributed by atoms with Gasteiger partial charge in [-0.05, 0) is 87.3 Å². The Kier molecular flexibility index (Phi) is 17.8. The summed E-state index contributed by atoms with van der Waals surface area (Å²) in [6, 6.07) is 39.6. The highest BCUT2D eigenvalue weighted by molar-refractivity contribution is 7.98. The Hall–Kier alpha value is -6.18. The van der Waals surface area contributed by atoms with Crippen LogP contribution in [0.3, 0.4) is 0 Å². The molecule has 0 aliphatic carbocycles. The average Bonchev–Trinajstić information content (AvgIpc) is 3.86. The molecule has 2 aliphatic rings. The molecule has 2 aromatic heterocycles. The minimum absolute atomic E-state index is 0.0338. The maximum Gasteiger partial charge on any atom is 0.417 e. The molecule has 1 N–H and O–H groups in total. The first-order chi connectivity index (χ1) is 31.8. The van der Waals surface area contributed by atoms with Crippen molar-refractivity contribution in [2.75, 3.05) is 11.5 Å². The monoisotopic (exact) mass is 924 g/mol. The number of ether oxygens (including phenoxy) is 1. The van der Waals surface area contributed by atoms with Crippen LogP contribution in [-0.4, -0.2) is 65.8 Å². The predicted molar refractivity (Wildman–Crippen MR) is 266 cm³/mol. The van der Waals surface area contributed by atoms with E-state index >= 15 is 0 Å². The van der Waals surface area contributed by atoms with Gasteiger partial charge in [-0.1, -0.05) is 121 Å².